The summed E-state index contributed by atoms with van der Waals surface area (Å²) in [4.78, 5) is 0. The van der Waals surface area contributed by atoms with E-state index in [2.05, 4.69) is 47.7 Å². The van der Waals surface area contributed by atoms with E-state index >= 15 is 0 Å². The van der Waals surface area contributed by atoms with Crippen LogP contribution >= 0.6 is 0 Å². The topological polar surface area (TPSA) is 9.23 Å². The van der Waals surface area contributed by atoms with Crippen molar-refractivity contribution in [1.29, 1.82) is 0 Å². The Bertz CT molecular complexity index is 590. The van der Waals surface area contributed by atoms with Gasteiger partial charge in [-0.2, -0.15) is 13.2 Å². The molecule has 1 nitrogen and oxygen atoms in total. The molecule has 2 rings (SSSR count). The third-order valence-corrected chi connectivity index (χ3v) is 13.1. The summed E-state index contributed by atoms with van der Waals surface area (Å²) in [5.74, 6) is 1.65. The fourth-order valence-corrected chi connectivity index (χ4v) is 7.06. The Morgan fingerprint density at radius 3 is 2.34 bits per heavy atom. The van der Waals surface area contributed by atoms with Gasteiger partial charge in [0.15, 0.2) is 8.32 Å². The molecule has 170 valence electrons. The van der Waals surface area contributed by atoms with Crippen LogP contribution in [0.15, 0.2) is 11.6 Å². The summed E-state index contributed by atoms with van der Waals surface area (Å²) in [5.41, 5.74) is -0.186. The molecule has 0 saturated heterocycles. The maximum atomic E-state index is 12.7. The predicted molar refractivity (Wildman–Crippen MR) is 118 cm³/mol. The van der Waals surface area contributed by atoms with Crippen molar-refractivity contribution in [2.24, 2.45) is 23.2 Å². The van der Waals surface area contributed by atoms with Gasteiger partial charge in [-0.25, -0.2) is 0 Å². The molecule has 1 unspecified atom stereocenters. The fraction of sp³-hybridized carbons (Fsp3) is 0.917. The van der Waals surface area contributed by atoms with Gasteiger partial charge in [0.1, 0.15) is 0 Å². The van der Waals surface area contributed by atoms with E-state index in [4.69, 9.17) is 4.43 Å². The van der Waals surface area contributed by atoms with E-state index in [0.29, 0.717) is 30.3 Å². The van der Waals surface area contributed by atoms with Crippen LogP contribution in [0.4, 0.5) is 13.2 Å². The molecule has 0 aromatic carbocycles. The molecule has 0 aliphatic heterocycles. The van der Waals surface area contributed by atoms with Gasteiger partial charge in [0.05, 0.1) is 0 Å². The van der Waals surface area contributed by atoms with Gasteiger partial charge in [-0.15, -0.1) is 0 Å². The normalized spacial score (nSPS) is 32.9. The predicted octanol–water partition coefficient (Wildman–Crippen LogP) is 8.52. The minimum Gasteiger partial charge on any atom is -0.414 e. The fourth-order valence-electron chi connectivity index (χ4n) is 5.67. The molecule has 2 aliphatic carbocycles. The zero-order valence-corrected chi connectivity index (χ0v) is 20.9. The SMILES string of the molecule is CC(=CCCC(C)[C@H]1CC[C@H]2[C@@H](O[Si](C)(C)C(C)(C)C)CCC[C@]12C)C(F)(F)F. The highest BCUT2D eigenvalue weighted by Gasteiger charge is 2.54. The second-order valence-electron chi connectivity index (χ2n) is 11.5. The van der Waals surface area contributed by atoms with Gasteiger partial charge in [0, 0.05) is 11.7 Å². The van der Waals surface area contributed by atoms with Gasteiger partial charge in [0.25, 0.3) is 0 Å². The first-order valence-corrected chi connectivity index (χ1v) is 14.4. The lowest BCUT2D eigenvalue weighted by Crippen LogP contribution is -2.50. The number of fused-ring (bicyclic) bond motifs is 1. The third kappa shape index (κ3) is 5.50. The van der Waals surface area contributed by atoms with Crippen LogP contribution in [0.1, 0.15) is 86.5 Å². The lowest BCUT2D eigenvalue weighted by atomic mass is 9.61. The van der Waals surface area contributed by atoms with E-state index in [1.54, 1.807) is 0 Å². The lowest BCUT2D eigenvalue weighted by Gasteiger charge is -2.50. The highest BCUT2D eigenvalue weighted by atomic mass is 28.4. The largest absolute Gasteiger partial charge is 0.414 e. The van der Waals surface area contributed by atoms with Crippen LogP contribution in [0, 0.1) is 23.2 Å². The summed E-state index contributed by atoms with van der Waals surface area (Å²) in [6, 6.07) is 0. The van der Waals surface area contributed by atoms with E-state index in [0.717, 1.165) is 6.42 Å². The number of alkyl halides is 3. The molecule has 5 heteroatoms. The number of hydrogen-bond acceptors (Lipinski definition) is 1. The second-order valence-corrected chi connectivity index (χ2v) is 16.3. The number of rotatable bonds is 6. The molecule has 2 saturated carbocycles. The van der Waals surface area contributed by atoms with Crippen molar-refractivity contribution < 1.29 is 17.6 Å². The second kappa shape index (κ2) is 8.68. The van der Waals surface area contributed by atoms with Crippen molar-refractivity contribution in [3.8, 4) is 0 Å². The van der Waals surface area contributed by atoms with Crippen LogP contribution in [0.5, 0.6) is 0 Å². The van der Waals surface area contributed by atoms with Crippen molar-refractivity contribution >= 4 is 8.32 Å². The van der Waals surface area contributed by atoms with E-state index in [1.807, 2.05) is 0 Å². The molecule has 29 heavy (non-hydrogen) atoms. The number of hydrogen-bond donors (Lipinski definition) is 0. The Labute approximate surface area is 178 Å². The Kier molecular flexibility index (Phi) is 7.48. The third-order valence-electron chi connectivity index (χ3n) is 8.59. The molecule has 0 aromatic rings. The first kappa shape index (κ1) is 25.0. The van der Waals surface area contributed by atoms with E-state index < -0.39 is 20.1 Å². The Morgan fingerprint density at radius 2 is 1.79 bits per heavy atom. The van der Waals surface area contributed by atoms with Crippen LogP contribution in [0.25, 0.3) is 0 Å². The zero-order valence-electron chi connectivity index (χ0n) is 19.9. The molecular formula is C24H43F3OSi. The first-order valence-electron chi connectivity index (χ1n) is 11.5. The average molecular weight is 433 g/mol. The van der Waals surface area contributed by atoms with Gasteiger partial charge >= 0.3 is 6.18 Å². The number of halogens is 3. The van der Waals surface area contributed by atoms with Crippen molar-refractivity contribution in [3.63, 3.8) is 0 Å². The van der Waals surface area contributed by atoms with Gasteiger partial charge in [-0.05, 0) is 86.7 Å². The molecule has 2 aliphatic rings. The number of allylic oxidation sites excluding steroid dienone is 2. The van der Waals surface area contributed by atoms with E-state index in [1.165, 1.54) is 45.1 Å². The van der Waals surface area contributed by atoms with Crippen LogP contribution in [0.2, 0.25) is 18.1 Å². The first-order chi connectivity index (χ1) is 13.1. The van der Waals surface area contributed by atoms with Gasteiger partial charge in [-0.3, -0.25) is 0 Å². The molecule has 5 atom stereocenters. The Hall–Kier alpha value is -0.293. The van der Waals surface area contributed by atoms with Crippen molar-refractivity contribution in [2.45, 2.75) is 117 Å². The molecule has 2 fully saturated rings. The van der Waals surface area contributed by atoms with Gasteiger partial charge in [-0.1, -0.05) is 47.1 Å². The summed E-state index contributed by atoms with van der Waals surface area (Å²) < 4.78 is 45.1. The van der Waals surface area contributed by atoms with Crippen LogP contribution in [-0.2, 0) is 4.43 Å². The van der Waals surface area contributed by atoms with Crippen molar-refractivity contribution in [2.75, 3.05) is 0 Å². The van der Waals surface area contributed by atoms with Crippen LogP contribution < -0.4 is 0 Å². The van der Waals surface area contributed by atoms with Gasteiger partial charge < -0.3 is 4.43 Å². The highest BCUT2D eigenvalue weighted by Crippen LogP contribution is 2.59. The molecule has 0 bridgehead atoms. The maximum absolute atomic E-state index is 12.7. The summed E-state index contributed by atoms with van der Waals surface area (Å²) in [6.07, 6.45) is 4.94. The Morgan fingerprint density at radius 1 is 1.17 bits per heavy atom. The van der Waals surface area contributed by atoms with Crippen LogP contribution in [-0.4, -0.2) is 20.6 Å². The molecule has 0 spiro atoms. The molecule has 0 N–H and O–H groups in total. The minimum atomic E-state index is -4.19. The highest BCUT2D eigenvalue weighted by molar-refractivity contribution is 6.74. The molecule has 0 amide bonds. The van der Waals surface area contributed by atoms with Crippen LogP contribution in [0.3, 0.4) is 0 Å². The van der Waals surface area contributed by atoms with Gasteiger partial charge in [0.2, 0.25) is 0 Å². The van der Waals surface area contributed by atoms with Crippen molar-refractivity contribution in [1.82, 2.24) is 0 Å². The summed E-state index contributed by atoms with van der Waals surface area (Å²) >= 11 is 0. The molecule has 0 radical (unpaired) electrons. The summed E-state index contributed by atoms with van der Waals surface area (Å²) in [5, 5.41) is 0.217. The minimum absolute atomic E-state index is 0.217. The Balaban J connectivity index is 2.06. The summed E-state index contributed by atoms with van der Waals surface area (Å²) in [7, 11) is -1.80. The lowest BCUT2D eigenvalue weighted by molar-refractivity contribution is -0.0916. The van der Waals surface area contributed by atoms with E-state index in [-0.39, 0.29) is 10.5 Å². The molecule has 0 aromatic heterocycles. The monoisotopic (exact) mass is 432 g/mol. The molecular weight excluding hydrogens is 389 g/mol. The zero-order chi connectivity index (χ0) is 22.3. The molecule has 0 heterocycles. The standard InChI is InChI=1S/C24H43F3OSi/c1-17(11-9-12-18(2)24(25,26)27)19-14-15-20-21(13-10-16-23(19,20)6)28-29(7,8)22(3,4)5/h12,17,19-21H,9-11,13-16H2,1-8H3/t17?,19-,20+,21+,23-/m1/s1. The maximum Gasteiger partial charge on any atom is 0.412 e. The summed E-state index contributed by atoms with van der Waals surface area (Å²) in [6.45, 7) is 17.5. The van der Waals surface area contributed by atoms with E-state index in [9.17, 15) is 13.2 Å². The smallest absolute Gasteiger partial charge is 0.412 e. The quantitative estimate of drug-likeness (QED) is 0.302. The van der Waals surface area contributed by atoms with Crippen molar-refractivity contribution in [3.05, 3.63) is 11.6 Å². The average Bonchev–Trinajstić information content (AvgIpc) is 2.90.